The van der Waals surface area contributed by atoms with Crippen LogP contribution in [-0.4, -0.2) is 24.1 Å². The fraction of sp³-hybridized carbons (Fsp3) is 0.364. The molecule has 2 N–H and O–H groups in total. The average Bonchev–Trinajstić information content (AvgIpc) is 3.50. The molecule has 0 radical (unpaired) electrons. The normalized spacial score (nSPS) is 13.6. The number of hydrogen-bond donors (Lipinski definition) is 1. The molecule has 1 aliphatic rings. The van der Waals surface area contributed by atoms with Crippen molar-refractivity contribution in [3.63, 3.8) is 0 Å². The molecular formula is C22H25NO5. The molecule has 0 bridgehead atoms. The number of rotatable bonds is 8. The van der Waals surface area contributed by atoms with Gasteiger partial charge in [-0.15, -0.1) is 0 Å². The molecule has 0 aliphatic heterocycles. The molecule has 0 spiro atoms. The van der Waals surface area contributed by atoms with Gasteiger partial charge in [-0.1, -0.05) is 30.3 Å². The summed E-state index contributed by atoms with van der Waals surface area (Å²) < 4.78 is 16.4. The van der Waals surface area contributed by atoms with Crippen molar-refractivity contribution >= 4 is 17.6 Å². The van der Waals surface area contributed by atoms with Crippen molar-refractivity contribution in [1.82, 2.24) is 0 Å². The van der Waals surface area contributed by atoms with Gasteiger partial charge < -0.3 is 19.9 Å². The summed E-state index contributed by atoms with van der Waals surface area (Å²) in [7, 11) is 0. The number of nitrogen functional groups attached to an aromatic ring is 1. The first-order valence-corrected chi connectivity index (χ1v) is 9.32. The second kappa shape index (κ2) is 8.33. The van der Waals surface area contributed by atoms with E-state index in [2.05, 4.69) is 0 Å². The minimum atomic E-state index is -1.43. The molecule has 0 aromatic heterocycles. The van der Waals surface area contributed by atoms with E-state index in [0.29, 0.717) is 24.0 Å². The molecule has 1 fully saturated rings. The Balaban J connectivity index is 1.60. The quantitative estimate of drug-likeness (QED) is 0.552. The third-order valence-electron chi connectivity index (χ3n) is 4.47. The van der Waals surface area contributed by atoms with Crippen molar-refractivity contribution < 1.29 is 23.8 Å². The van der Waals surface area contributed by atoms with Gasteiger partial charge in [-0.25, -0.2) is 9.59 Å². The lowest BCUT2D eigenvalue weighted by molar-refractivity contribution is -0.163. The molecule has 0 unspecified atom stereocenters. The van der Waals surface area contributed by atoms with Gasteiger partial charge >= 0.3 is 11.9 Å². The van der Waals surface area contributed by atoms with Crippen molar-refractivity contribution in [2.45, 2.75) is 38.9 Å². The maximum absolute atomic E-state index is 12.5. The SMILES string of the molecule is CC(C)(OC(=O)c1ccc(N)c(OCC2CC2)c1)C(=O)OCc1ccccc1. The zero-order chi connectivity index (χ0) is 20.1. The van der Waals surface area contributed by atoms with Crippen molar-refractivity contribution in [3.8, 4) is 5.75 Å². The molecule has 28 heavy (non-hydrogen) atoms. The Kier molecular flexibility index (Phi) is 5.87. The lowest BCUT2D eigenvalue weighted by atomic mass is 10.1. The van der Waals surface area contributed by atoms with Gasteiger partial charge in [0.1, 0.15) is 12.4 Å². The van der Waals surface area contributed by atoms with Crippen LogP contribution in [0, 0.1) is 5.92 Å². The molecule has 0 atom stereocenters. The summed E-state index contributed by atoms with van der Waals surface area (Å²) >= 11 is 0. The lowest BCUT2D eigenvalue weighted by Crippen LogP contribution is -2.38. The third kappa shape index (κ3) is 5.25. The smallest absolute Gasteiger partial charge is 0.350 e. The van der Waals surface area contributed by atoms with E-state index in [1.807, 2.05) is 30.3 Å². The molecule has 0 heterocycles. The van der Waals surface area contributed by atoms with Gasteiger partial charge in [0.05, 0.1) is 17.9 Å². The van der Waals surface area contributed by atoms with Crippen molar-refractivity contribution in [2.75, 3.05) is 12.3 Å². The summed E-state index contributed by atoms with van der Waals surface area (Å²) in [6.45, 7) is 3.70. The molecule has 0 saturated heterocycles. The summed E-state index contributed by atoms with van der Waals surface area (Å²) in [4.78, 5) is 24.9. The summed E-state index contributed by atoms with van der Waals surface area (Å²) in [5.74, 6) is -0.248. The summed E-state index contributed by atoms with van der Waals surface area (Å²) in [5, 5.41) is 0. The number of hydrogen-bond acceptors (Lipinski definition) is 6. The van der Waals surface area contributed by atoms with E-state index in [4.69, 9.17) is 19.9 Å². The van der Waals surface area contributed by atoms with E-state index in [-0.39, 0.29) is 12.2 Å². The second-order valence-electron chi connectivity index (χ2n) is 7.47. The number of carbonyl (C=O) groups is 2. The molecule has 6 nitrogen and oxygen atoms in total. The Hall–Kier alpha value is -3.02. The predicted molar refractivity (Wildman–Crippen MR) is 105 cm³/mol. The van der Waals surface area contributed by atoms with Crippen LogP contribution in [0.1, 0.15) is 42.6 Å². The van der Waals surface area contributed by atoms with Gasteiger partial charge in [-0.3, -0.25) is 0 Å². The van der Waals surface area contributed by atoms with Crippen LogP contribution in [0.5, 0.6) is 5.75 Å². The number of ether oxygens (including phenoxy) is 3. The van der Waals surface area contributed by atoms with Crippen LogP contribution in [-0.2, 0) is 20.9 Å². The van der Waals surface area contributed by atoms with E-state index in [1.54, 1.807) is 18.2 Å². The molecule has 2 aromatic carbocycles. The fourth-order valence-corrected chi connectivity index (χ4v) is 2.51. The van der Waals surface area contributed by atoms with Crippen LogP contribution >= 0.6 is 0 Å². The maximum Gasteiger partial charge on any atom is 0.350 e. The monoisotopic (exact) mass is 383 g/mol. The first kappa shape index (κ1) is 19.7. The minimum absolute atomic E-state index is 0.113. The average molecular weight is 383 g/mol. The summed E-state index contributed by atoms with van der Waals surface area (Å²) in [5.41, 5.74) is 6.07. The van der Waals surface area contributed by atoms with Gasteiger partial charge in [0.15, 0.2) is 0 Å². The molecule has 1 saturated carbocycles. The lowest BCUT2D eigenvalue weighted by Gasteiger charge is -2.23. The topological polar surface area (TPSA) is 87.9 Å². The van der Waals surface area contributed by atoms with Crippen molar-refractivity contribution in [3.05, 3.63) is 59.7 Å². The molecule has 1 aliphatic carbocycles. The molecule has 6 heteroatoms. The highest BCUT2D eigenvalue weighted by Gasteiger charge is 2.34. The largest absolute Gasteiger partial charge is 0.491 e. The van der Waals surface area contributed by atoms with Crippen LogP contribution < -0.4 is 10.5 Å². The molecule has 0 amide bonds. The third-order valence-corrected chi connectivity index (χ3v) is 4.47. The molecule has 148 valence electrons. The van der Waals surface area contributed by atoms with Crippen LogP contribution in [0.2, 0.25) is 0 Å². The van der Waals surface area contributed by atoms with Crippen LogP contribution in [0.15, 0.2) is 48.5 Å². The second-order valence-corrected chi connectivity index (χ2v) is 7.47. The Bertz CT molecular complexity index is 843. The van der Waals surface area contributed by atoms with Crippen LogP contribution in [0.25, 0.3) is 0 Å². The first-order valence-electron chi connectivity index (χ1n) is 9.32. The summed E-state index contributed by atoms with van der Waals surface area (Å²) in [6, 6.07) is 14.0. The Morgan fingerprint density at radius 1 is 1.11 bits per heavy atom. The summed E-state index contributed by atoms with van der Waals surface area (Å²) in [6.07, 6.45) is 2.31. The number of carbonyl (C=O) groups excluding carboxylic acids is 2. The number of nitrogens with two attached hydrogens (primary N) is 1. The van der Waals surface area contributed by atoms with E-state index in [9.17, 15) is 9.59 Å². The Labute approximate surface area is 164 Å². The van der Waals surface area contributed by atoms with E-state index >= 15 is 0 Å². The minimum Gasteiger partial charge on any atom is -0.491 e. The highest BCUT2D eigenvalue weighted by Crippen LogP contribution is 2.31. The van der Waals surface area contributed by atoms with Crippen LogP contribution in [0.4, 0.5) is 5.69 Å². The van der Waals surface area contributed by atoms with Crippen molar-refractivity contribution in [1.29, 1.82) is 0 Å². The number of anilines is 1. The number of esters is 2. The molecule has 3 rings (SSSR count). The number of benzene rings is 2. The van der Waals surface area contributed by atoms with Crippen molar-refractivity contribution in [2.24, 2.45) is 5.92 Å². The van der Waals surface area contributed by atoms with E-state index in [1.165, 1.54) is 13.8 Å². The van der Waals surface area contributed by atoms with Gasteiger partial charge in [0.25, 0.3) is 0 Å². The maximum atomic E-state index is 12.5. The standard InChI is InChI=1S/C22H25NO5/c1-22(2,21(25)27-14-15-6-4-3-5-7-15)28-20(24)17-10-11-18(23)19(12-17)26-13-16-8-9-16/h3-7,10-12,16H,8-9,13-14,23H2,1-2H3. The molecule has 2 aromatic rings. The van der Waals surface area contributed by atoms with E-state index < -0.39 is 17.5 Å². The van der Waals surface area contributed by atoms with E-state index in [0.717, 1.165) is 18.4 Å². The predicted octanol–water partition coefficient (Wildman–Crippen LogP) is 3.74. The zero-order valence-electron chi connectivity index (χ0n) is 16.1. The highest BCUT2D eigenvalue weighted by atomic mass is 16.6. The van der Waals surface area contributed by atoms with Crippen LogP contribution in [0.3, 0.4) is 0 Å². The Morgan fingerprint density at radius 3 is 2.50 bits per heavy atom. The molecular weight excluding hydrogens is 358 g/mol. The van der Waals surface area contributed by atoms with Gasteiger partial charge in [0.2, 0.25) is 5.60 Å². The zero-order valence-corrected chi connectivity index (χ0v) is 16.1. The highest BCUT2D eigenvalue weighted by molar-refractivity contribution is 5.93. The van der Waals surface area contributed by atoms with Gasteiger partial charge in [-0.2, -0.15) is 0 Å². The Morgan fingerprint density at radius 2 is 1.82 bits per heavy atom. The van der Waals surface area contributed by atoms with Gasteiger partial charge in [0, 0.05) is 0 Å². The first-order chi connectivity index (χ1) is 13.3. The fourth-order valence-electron chi connectivity index (χ4n) is 2.51. The van der Waals surface area contributed by atoms with Gasteiger partial charge in [-0.05, 0) is 56.4 Å².